The lowest BCUT2D eigenvalue weighted by Crippen LogP contribution is -2.28. The van der Waals surface area contributed by atoms with E-state index < -0.39 is 0 Å². The average molecular weight is 266 g/mol. The van der Waals surface area contributed by atoms with E-state index in [1.165, 1.54) is 11.0 Å². The van der Waals surface area contributed by atoms with Crippen LogP contribution in [0, 0.1) is 11.2 Å². The van der Waals surface area contributed by atoms with Crippen LogP contribution in [0.25, 0.3) is 0 Å². The quantitative estimate of drug-likeness (QED) is 0.860. The van der Waals surface area contributed by atoms with Gasteiger partial charge in [-0.2, -0.15) is 0 Å². The molecule has 0 saturated carbocycles. The van der Waals surface area contributed by atoms with Crippen LogP contribution in [-0.4, -0.2) is 19.5 Å². The summed E-state index contributed by atoms with van der Waals surface area (Å²) in [7, 11) is 1.61. The number of hydrogen-bond acceptors (Lipinski definition) is 2. The van der Waals surface area contributed by atoms with Crippen LogP contribution in [0.2, 0.25) is 0 Å². The summed E-state index contributed by atoms with van der Waals surface area (Å²) in [6, 6.07) is 6.30. The summed E-state index contributed by atoms with van der Waals surface area (Å²) < 4.78 is 13.6. The first kappa shape index (κ1) is 15.6. The first-order valence-electron chi connectivity index (χ1n) is 6.58. The SMILES string of the molecule is CN(C(=O)CCC(C)(C)CCN)c1ccccc1F. The molecule has 2 N–H and O–H groups in total. The Balaban J connectivity index is 2.62. The number of para-hydroxylation sites is 1. The van der Waals surface area contributed by atoms with Gasteiger partial charge in [0.05, 0.1) is 5.69 Å². The molecule has 0 spiro atoms. The molecule has 0 aliphatic rings. The molecule has 0 fully saturated rings. The number of carbonyl (C=O) groups is 1. The van der Waals surface area contributed by atoms with Crippen molar-refractivity contribution in [2.45, 2.75) is 33.1 Å². The number of benzene rings is 1. The molecule has 0 unspecified atom stereocenters. The largest absolute Gasteiger partial charge is 0.330 e. The second kappa shape index (κ2) is 6.66. The predicted octanol–water partition coefficient (Wildman–Crippen LogP) is 2.94. The van der Waals surface area contributed by atoms with Gasteiger partial charge in [-0.1, -0.05) is 26.0 Å². The third-order valence-corrected chi connectivity index (χ3v) is 3.42. The van der Waals surface area contributed by atoms with Gasteiger partial charge in [0.25, 0.3) is 0 Å². The van der Waals surface area contributed by atoms with Crippen molar-refractivity contribution in [3.05, 3.63) is 30.1 Å². The number of hydrogen-bond donors (Lipinski definition) is 1. The van der Waals surface area contributed by atoms with E-state index in [-0.39, 0.29) is 17.1 Å². The maximum Gasteiger partial charge on any atom is 0.226 e. The summed E-state index contributed by atoms with van der Waals surface area (Å²) in [4.78, 5) is 13.5. The molecule has 0 radical (unpaired) electrons. The molecule has 0 bridgehead atoms. The molecular weight excluding hydrogens is 243 g/mol. The molecule has 1 amide bonds. The monoisotopic (exact) mass is 266 g/mol. The number of halogens is 1. The van der Waals surface area contributed by atoms with Crippen LogP contribution in [0.1, 0.15) is 33.1 Å². The van der Waals surface area contributed by atoms with E-state index in [0.29, 0.717) is 18.7 Å². The Labute approximate surface area is 114 Å². The second-order valence-corrected chi connectivity index (χ2v) is 5.61. The van der Waals surface area contributed by atoms with Crippen molar-refractivity contribution in [2.24, 2.45) is 11.1 Å². The molecule has 1 rings (SSSR count). The van der Waals surface area contributed by atoms with Gasteiger partial charge in [0.15, 0.2) is 0 Å². The Bertz CT molecular complexity index is 432. The third-order valence-electron chi connectivity index (χ3n) is 3.42. The van der Waals surface area contributed by atoms with Crippen LogP contribution in [0.4, 0.5) is 10.1 Å². The molecule has 0 aliphatic heterocycles. The first-order chi connectivity index (χ1) is 8.87. The predicted molar refractivity (Wildman–Crippen MR) is 76.5 cm³/mol. The minimum atomic E-state index is -0.375. The van der Waals surface area contributed by atoms with Gasteiger partial charge in [0.2, 0.25) is 5.91 Å². The maximum absolute atomic E-state index is 13.6. The van der Waals surface area contributed by atoms with Crippen molar-refractivity contribution in [2.75, 3.05) is 18.5 Å². The Morgan fingerprint density at radius 3 is 2.53 bits per heavy atom. The zero-order chi connectivity index (χ0) is 14.5. The van der Waals surface area contributed by atoms with E-state index in [9.17, 15) is 9.18 Å². The standard InChI is InChI=1S/C15H23FN2O/c1-15(2,10-11-17)9-8-14(19)18(3)13-7-5-4-6-12(13)16/h4-7H,8-11,17H2,1-3H3. The highest BCUT2D eigenvalue weighted by molar-refractivity contribution is 5.92. The van der Waals surface area contributed by atoms with Crippen LogP contribution >= 0.6 is 0 Å². The second-order valence-electron chi connectivity index (χ2n) is 5.61. The molecule has 19 heavy (non-hydrogen) atoms. The van der Waals surface area contributed by atoms with Gasteiger partial charge in [-0.05, 0) is 36.9 Å². The molecule has 106 valence electrons. The van der Waals surface area contributed by atoms with Crippen LogP contribution in [0.3, 0.4) is 0 Å². The van der Waals surface area contributed by atoms with Gasteiger partial charge in [-0.25, -0.2) is 4.39 Å². The summed E-state index contributed by atoms with van der Waals surface area (Å²) in [6.07, 6.45) is 2.03. The highest BCUT2D eigenvalue weighted by atomic mass is 19.1. The van der Waals surface area contributed by atoms with Crippen molar-refractivity contribution in [1.82, 2.24) is 0 Å². The van der Waals surface area contributed by atoms with Crippen molar-refractivity contribution in [3.8, 4) is 0 Å². The highest BCUT2D eigenvalue weighted by Crippen LogP contribution is 2.27. The smallest absolute Gasteiger partial charge is 0.226 e. The molecule has 0 atom stereocenters. The summed E-state index contributed by atoms with van der Waals surface area (Å²) in [6.45, 7) is 4.80. The van der Waals surface area contributed by atoms with Crippen LogP contribution < -0.4 is 10.6 Å². The average Bonchev–Trinajstić information content (AvgIpc) is 2.36. The van der Waals surface area contributed by atoms with E-state index in [4.69, 9.17) is 5.73 Å². The van der Waals surface area contributed by atoms with E-state index in [1.54, 1.807) is 25.2 Å². The number of nitrogens with two attached hydrogens (primary N) is 1. The lowest BCUT2D eigenvalue weighted by molar-refractivity contribution is -0.118. The molecule has 0 saturated heterocycles. The van der Waals surface area contributed by atoms with E-state index >= 15 is 0 Å². The first-order valence-corrected chi connectivity index (χ1v) is 6.58. The van der Waals surface area contributed by atoms with Crippen molar-refractivity contribution >= 4 is 11.6 Å². The normalized spacial score (nSPS) is 11.4. The van der Waals surface area contributed by atoms with Crippen molar-refractivity contribution < 1.29 is 9.18 Å². The topological polar surface area (TPSA) is 46.3 Å². The van der Waals surface area contributed by atoms with Gasteiger partial charge >= 0.3 is 0 Å². The minimum Gasteiger partial charge on any atom is -0.330 e. The number of nitrogens with zero attached hydrogens (tertiary/aromatic N) is 1. The zero-order valence-corrected chi connectivity index (χ0v) is 11.9. The Hall–Kier alpha value is -1.42. The van der Waals surface area contributed by atoms with Gasteiger partial charge in [0.1, 0.15) is 5.82 Å². The molecule has 0 heterocycles. The highest BCUT2D eigenvalue weighted by Gasteiger charge is 2.21. The van der Waals surface area contributed by atoms with Crippen LogP contribution in [-0.2, 0) is 4.79 Å². The van der Waals surface area contributed by atoms with Crippen LogP contribution in [0.5, 0.6) is 0 Å². The van der Waals surface area contributed by atoms with Gasteiger partial charge < -0.3 is 10.6 Å². The lowest BCUT2D eigenvalue weighted by atomic mass is 9.84. The summed E-state index contributed by atoms with van der Waals surface area (Å²) >= 11 is 0. The number of amides is 1. The minimum absolute atomic E-state index is 0.0421. The van der Waals surface area contributed by atoms with Gasteiger partial charge in [-0.3, -0.25) is 4.79 Å². The molecule has 0 aliphatic carbocycles. The zero-order valence-electron chi connectivity index (χ0n) is 11.9. The van der Waals surface area contributed by atoms with Gasteiger partial charge in [-0.15, -0.1) is 0 Å². The molecule has 3 nitrogen and oxygen atoms in total. The third kappa shape index (κ3) is 4.63. The Morgan fingerprint density at radius 2 is 1.95 bits per heavy atom. The Morgan fingerprint density at radius 1 is 1.32 bits per heavy atom. The fourth-order valence-corrected chi connectivity index (χ4v) is 1.99. The number of rotatable bonds is 6. The van der Waals surface area contributed by atoms with Crippen molar-refractivity contribution in [3.63, 3.8) is 0 Å². The Kier molecular flexibility index (Phi) is 5.48. The molecule has 1 aromatic rings. The molecule has 0 aromatic heterocycles. The summed E-state index contributed by atoms with van der Waals surface area (Å²) in [5, 5.41) is 0. The van der Waals surface area contributed by atoms with Crippen LogP contribution in [0.15, 0.2) is 24.3 Å². The van der Waals surface area contributed by atoms with E-state index in [1.807, 2.05) is 0 Å². The van der Waals surface area contributed by atoms with E-state index in [2.05, 4.69) is 13.8 Å². The van der Waals surface area contributed by atoms with E-state index in [0.717, 1.165) is 12.8 Å². The fraction of sp³-hybridized carbons (Fsp3) is 0.533. The number of anilines is 1. The molecule has 4 heteroatoms. The maximum atomic E-state index is 13.6. The summed E-state index contributed by atoms with van der Waals surface area (Å²) in [5.74, 6) is -0.449. The lowest BCUT2D eigenvalue weighted by Gasteiger charge is -2.25. The summed E-state index contributed by atoms with van der Waals surface area (Å²) in [5.41, 5.74) is 5.91. The molecular formula is C15H23FN2O. The fourth-order valence-electron chi connectivity index (χ4n) is 1.99. The molecule has 1 aromatic carbocycles. The van der Waals surface area contributed by atoms with Gasteiger partial charge in [0, 0.05) is 13.5 Å². The number of carbonyl (C=O) groups excluding carboxylic acids is 1. The van der Waals surface area contributed by atoms with Crippen molar-refractivity contribution in [1.29, 1.82) is 0 Å².